The van der Waals surface area contributed by atoms with Gasteiger partial charge in [-0.15, -0.1) is 0 Å². The largest absolute Gasteiger partial charge is 0.394 e. The fraction of sp³-hybridized carbons (Fsp3) is 0.957. The molecule has 0 bridgehead atoms. The summed E-state index contributed by atoms with van der Waals surface area (Å²) in [6, 6.07) is -3.63. The van der Waals surface area contributed by atoms with E-state index in [-0.39, 0.29) is 0 Å². The fourth-order valence-electron chi connectivity index (χ4n) is 10.6. The molecule has 7 heterocycles. The summed E-state index contributed by atoms with van der Waals surface area (Å²) >= 11 is 0. The quantitative estimate of drug-likeness (QED) is 0.0538. The standard InChI is InChI=1S/C46H78N2O35/c1-10-21(56)26(61)31(66)43(72-10)82-38-20(48-12(3)55)41(77-17(8-53)36(38)80-44-32(67)27(62)22(57)13(4-49)75-44)71-9-18-25(60)39(34(69)46(78-18)79-35-16(7-52)73-40(70)30(65)29(35)64)83-42-19(47-11(2)54)37(24(59)15(6-51)74-42)81-45-33(68)28(63)23(58)14(5-50)76-45/h10,13-46,49-53,56-70H,4-9H2,1-3H3,(H,47,54)(H,48,55)/t10-,13-,14-,15-,16-,17-,18-,19-,20-,21+,22+,23+,24-,25+,26+,27+,28+,29-,30-,31-,32-,33-,34-,35-,36-,37-,38-,39+,40?,41-,42+,43-,44+,45+,46+/m1/s1. The van der Waals surface area contributed by atoms with Crippen LogP contribution in [0.2, 0.25) is 0 Å². The molecule has 7 fully saturated rings. The lowest BCUT2D eigenvalue weighted by Crippen LogP contribution is -2.70. The lowest BCUT2D eigenvalue weighted by molar-refractivity contribution is -0.387. The van der Waals surface area contributed by atoms with Crippen molar-refractivity contribution in [1.29, 1.82) is 0 Å². The van der Waals surface area contributed by atoms with Gasteiger partial charge in [-0.25, -0.2) is 0 Å². The zero-order valence-corrected chi connectivity index (χ0v) is 44.5. The van der Waals surface area contributed by atoms with Crippen LogP contribution in [0.5, 0.6) is 0 Å². The average Bonchev–Trinajstić information content (AvgIpc) is 3.58. The summed E-state index contributed by atoms with van der Waals surface area (Å²) in [6.07, 6.45) is -64.2. The lowest BCUT2D eigenvalue weighted by Gasteiger charge is -2.51. The normalized spacial score (nSPS) is 50.8. The first-order valence-corrected chi connectivity index (χ1v) is 26.5. The molecule has 35 atom stereocenters. The number of hydrogen-bond donors (Lipinski definition) is 22. The third-order valence-corrected chi connectivity index (χ3v) is 15.3. The summed E-state index contributed by atoms with van der Waals surface area (Å²) in [5.41, 5.74) is 0. The molecule has 0 aromatic rings. The highest BCUT2D eigenvalue weighted by atomic mass is 16.8. The van der Waals surface area contributed by atoms with Gasteiger partial charge in [-0.2, -0.15) is 0 Å². The minimum atomic E-state index is -2.34. The van der Waals surface area contributed by atoms with E-state index in [4.69, 9.17) is 61.6 Å². The van der Waals surface area contributed by atoms with Crippen molar-refractivity contribution in [1.82, 2.24) is 10.6 Å². The first kappa shape index (κ1) is 68.1. The summed E-state index contributed by atoms with van der Waals surface area (Å²) in [5.74, 6) is -1.78. The Hall–Kier alpha value is -2.38. The van der Waals surface area contributed by atoms with Crippen molar-refractivity contribution >= 4 is 11.8 Å². The molecule has 7 rings (SSSR count). The SMILES string of the molecule is CC(=O)N[C@H]1[C@H](OC[C@H]2O[C@@H](O[C@H]3[C@H](O)[C@@H](O)C(O)O[C@@H]3CO)[C@H](O)[C@@H](O[C@@H]3O[C@H](CO)[C@@H](O)[C@H](O[C@@H]4O[C@H](CO)[C@H](O)[C@H](O)[C@H]4O)[C@H]3NC(C)=O)[C@H]2O)O[C@H](CO)[C@@H](O[C@@H]2O[C@H](CO)[C@H](O)[C@H](O)[C@H]2O)[C@@H]1O[C@H]1O[C@H](C)[C@H](O)[C@H](O)[C@H]1O. The van der Waals surface area contributed by atoms with Gasteiger partial charge in [0.05, 0.1) is 45.7 Å². The molecule has 22 N–H and O–H groups in total. The number of aliphatic hydroxyl groups excluding tert-OH is 20. The highest BCUT2D eigenvalue weighted by molar-refractivity contribution is 5.73. The fourth-order valence-corrected chi connectivity index (χ4v) is 10.6. The molecule has 83 heavy (non-hydrogen) atoms. The van der Waals surface area contributed by atoms with Crippen molar-refractivity contribution in [3.05, 3.63) is 0 Å². The van der Waals surface area contributed by atoms with Gasteiger partial charge in [-0.05, 0) is 6.92 Å². The van der Waals surface area contributed by atoms with Crippen molar-refractivity contribution in [2.75, 3.05) is 39.6 Å². The maximum absolute atomic E-state index is 13.1. The first-order chi connectivity index (χ1) is 39.2. The highest BCUT2D eigenvalue weighted by Crippen LogP contribution is 2.38. The maximum atomic E-state index is 13.1. The summed E-state index contributed by atoms with van der Waals surface area (Å²) in [4.78, 5) is 25.9. The van der Waals surface area contributed by atoms with Gasteiger partial charge < -0.3 is 174 Å². The van der Waals surface area contributed by atoms with Crippen LogP contribution in [0, 0.1) is 0 Å². The second-order valence-electron chi connectivity index (χ2n) is 21.1. The van der Waals surface area contributed by atoms with E-state index in [1.165, 1.54) is 6.92 Å². The van der Waals surface area contributed by atoms with Crippen molar-refractivity contribution < 1.29 is 173 Å². The van der Waals surface area contributed by atoms with E-state index in [9.17, 15) is 112 Å². The van der Waals surface area contributed by atoms with Crippen LogP contribution in [-0.4, -0.2) is 368 Å². The predicted molar refractivity (Wildman–Crippen MR) is 254 cm³/mol. The Morgan fingerprint density at radius 1 is 0.337 bits per heavy atom. The summed E-state index contributed by atoms with van der Waals surface area (Å²) in [6.45, 7) is -2.78. The Kier molecular flexibility index (Phi) is 24.0. The molecular formula is C46H78N2O35. The third-order valence-electron chi connectivity index (χ3n) is 15.3. The number of nitrogens with one attached hydrogen (secondary N) is 2. The van der Waals surface area contributed by atoms with E-state index < -0.39 is 266 Å². The molecule has 0 aromatic carbocycles. The van der Waals surface area contributed by atoms with E-state index in [0.717, 1.165) is 13.8 Å². The van der Waals surface area contributed by atoms with Crippen LogP contribution in [-0.2, 0) is 71.2 Å². The number of carbonyl (C=O) groups excluding carboxylic acids is 2. The van der Waals surface area contributed by atoms with Crippen molar-refractivity contribution in [3.63, 3.8) is 0 Å². The minimum absolute atomic E-state index is 0.886. The van der Waals surface area contributed by atoms with Crippen molar-refractivity contribution in [2.45, 2.75) is 236 Å². The zero-order valence-electron chi connectivity index (χ0n) is 44.5. The number of carbonyl (C=O) groups is 2. The Balaban J connectivity index is 1.24. The van der Waals surface area contributed by atoms with E-state index in [2.05, 4.69) is 10.6 Å². The Bertz CT molecular complexity index is 2040. The van der Waals surface area contributed by atoms with Crippen molar-refractivity contribution in [2.24, 2.45) is 0 Å². The van der Waals surface area contributed by atoms with Crippen LogP contribution in [0.3, 0.4) is 0 Å². The summed E-state index contributed by atoms with van der Waals surface area (Å²) in [5, 5.41) is 220. The van der Waals surface area contributed by atoms with Crippen LogP contribution in [0.25, 0.3) is 0 Å². The molecule has 0 saturated carbocycles. The van der Waals surface area contributed by atoms with Crippen LogP contribution < -0.4 is 10.6 Å². The summed E-state index contributed by atoms with van der Waals surface area (Å²) in [7, 11) is 0. The van der Waals surface area contributed by atoms with Crippen LogP contribution >= 0.6 is 0 Å². The van der Waals surface area contributed by atoms with Crippen LogP contribution in [0.15, 0.2) is 0 Å². The van der Waals surface area contributed by atoms with E-state index in [0.29, 0.717) is 0 Å². The summed E-state index contributed by atoms with van der Waals surface area (Å²) < 4.78 is 76.1. The van der Waals surface area contributed by atoms with Gasteiger partial charge in [-0.1, -0.05) is 0 Å². The van der Waals surface area contributed by atoms with Gasteiger partial charge >= 0.3 is 0 Å². The van der Waals surface area contributed by atoms with Crippen molar-refractivity contribution in [3.8, 4) is 0 Å². The average molecular weight is 1220 g/mol. The molecule has 1 unspecified atom stereocenters. The maximum Gasteiger partial charge on any atom is 0.217 e. The third kappa shape index (κ3) is 14.7. The van der Waals surface area contributed by atoms with Gasteiger partial charge in [0.2, 0.25) is 11.8 Å². The number of rotatable bonds is 20. The number of aliphatic hydroxyl groups is 20. The molecule has 7 aliphatic heterocycles. The molecule has 0 aromatic heterocycles. The van der Waals surface area contributed by atoms with Crippen LogP contribution in [0.4, 0.5) is 0 Å². The Morgan fingerprint density at radius 3 is 1.23 bits per heavy atom. The molecule has 7 aliphatic rings. The van der Waals surface area contributed by atoms with E-state index >= 15 is 0 Å². The molecule has 0 aliphatic carbocycles. The lowest BCUT2D eigenvalue weighted by atomic mass is 9.94. The van der Waals surface area contributed by atoms with Gasteiger partial charge in [0.15, 0.2) is 44.0 Å². The smallest absolute Gasteiger partial charge is 0.217 e. The topological polar surface area (TPSA) is 583 Å². The second-order valence-corrected chi connectivity index (χ2v) is 21.1. The highest BCUT2D eigenvalue weighted by Gasteiger charge is 2.59. The number of ether oxygens (including phenoxy) is 13. The van der Waals surface area contributed by atoms with Gasteiger partial charge in [0, 0.05) is 13.8 Å². The Labute approximate surface area is 470 Å². The minimum Gasteiger partial charge on any atom is -0.394 e. The number of amides is 2. The molecule has 37 nitrogen and oxygen atoms in total. The van der Waals surface area contributed by atoms with Gasteiger partial charge in [-0.3, -0.25) is 9.59 Å². The van der Waals surface area contributed by atoms with E-state index in [1.54, 1.807) is 0 Å². The molecule has 37 heteroatoms. The monoisotopic (exact) mass is 1220 g/mol. The second kappa shape index (κ2) is 29.3. The predicted octanol–water partition coefficient (Wildman–Crippen LogP) is -15.0. The molecule has 2 amide bonds. The molecule has 482 valence electrons. The first-order valence-electron chi connectivity index (χ1n) is 26.5. The van der Waals surface area contributed by atoms with Crippen LogP contribution in [0.1, 0.15) is 20.8 Å². The molecule has 7 saturated heterocycles. The molecule has 0 radical (unpaired) electrons. The molecule has 0 spiro atoms. The van der Waals surface area contributed by atoms with Gasteiger partial charge in [0.25, 0.3) is 0 Å². The Morgan fingerprint density at radius 2 is 0.711 bits per heavy atom. The number of hydrogen-bond acceptors (Lipinski definition) is 35. The molecular weight excluding hydrogens is 1140 g/mol. The zero-order chi connectivity index (χ0) is 61.2. The van der Waals surface area contributed by atoms with E-state index in [1.807, 2.05) is 0 Å². The van der Waals surface area contributed by atoms with Gasteiger partial charge in [0.1, 0.15) is 165 Å².